The number of hydrogen-bond acceptors (Lipinski definition) is 3. The summed E-state index contributed by atoms with van der Waals surface area (Å²) >= 11 is 0. The van der Waals surface area contributed by atoms with Crippen LogP contribution in [0.2, 0.25) is 0 Å². The van der Waals surface area contributed by atoms with Gasteiger partial charge < -0.3 is 10.8 Å². The average molecular weight is 228 g/mol. The fraction of sp³-hybridized carbons (Fsp3) is 1.00. The van der Waals surface area contributed by atoms with Crippen LogP contribution in [-0.2, 0) is 0 Å². The van der Waals surface area contributed by atoms with Crippen LogP contribution in [-0.4, -0.2) is 48.5 Å². The molecule has 0 spiro atoms. The Hall–Kier alpha value is -0.330. The van der Waals surface area contributed by atoms with Crippen LogP contribution in [0.4, 0.5) is 13.2 Å². The number of nitrogens with two attached hydrogens (primary N) is 1. The molecule has 15 heavy (non-hydrogen) atoms. The van der Waals surface area contributed by atoms with Crippen LogP contribution >= 0.6 is 0 Å². The van der Waals surface area contributed by atoms with E-state index in [0.29, 0.717) is 6.42 Å². The molecule has 0 aromatic rings. The van der Waals surface area contributed by atoms with Gasteiger partial charge in [-0.25, -0.2) is 0 Å². The van der Waals surface area contributed by atoms with E-state index in [0.717, 1.165) is 0 Å². The summed E-state index contributed by atoms with van der Waals surface area (Å²) in [7, 11) is 1.40. The molecule has 0 heterocycles. The van der Waals surface area contributed by atoms with E-state index in [1.54, 1.807) is 6.92 Å². The maximum atomic E-state index is 12.5. The fourth-order valence-corrected chi connectivity index (χ4v) is 1.34. The second kappa shape index (κ2) is 6.30. The highest BCUT2D eigenvalue weighted by Gasteiger charge is 2.41. The van der Waals surface area contributed by atoms with Crippen molar-refractivity contribution in [3.8, 4) is 0 Å². The molecule has 92 valence electrons. The molecule has 0 fully saturated rings. The van der Waals surface area contributed by atoms with E-state index in [9.17, 15) is 13.2 Å². The summed E-state index contributed by atoms with van der Waals surface area (Å²) in [5.41, 5.74) is 5.14. The molecule has 2 unspecified atom stereocenters. The predicted molar refractivity (Wildman–Crippen MR) is 52.4 cm³/mol. The third kappa shape index (κ3) is 5.96. The lowest BCUT2D eigenvalue weighted by Crippen LogP contribution is -2.45. The maximum absolute atomic E-state index is 12.5. The first kappa shape index (κ1) is 14.7. The van der Waals surface area contributed by atoms with Gasteiger partial charge >= 0.3 is 6.18 Å². The molecule has 0 aromatic heterocycles. The molecule has 0 amide bonds. The number of aliphatic hydroxyl groups is 1. The lowest BCUT2D eigenvalue weighted by atomic mass is 10.1. The minimum Gasteiger partial charge on any atom is -0.393 e. The van der Waals surface area contributed by atoms with E-state index in [4.69, 9.17) is 10.8 Å². The monoisotopic (exact) mass is 228 g/mol. The summed E-state index contributed by atoms with van der Waals surface area (Å²) in [4.78, 5) is 1.19. The second-order valence-corrected chi connectivity index (χ2v) is 3.75. The first-order valence-electron chi connectivity index (χ1n) is 4.94. The predicted octanol–water partition coefficient (Wildman–Crippen LogP) is 0.969. The molecule has 0 saturated heterocycles. The highest BCUT2D eigenvalue weighted by atomic mass is 19.4. The summed E-state index contributed by atoms with van der Waals surface area (Å²) in [6.07, 6.45) is -4.63. The number of halogens is 3. The van der Waals surface area contributed by atoms with Gasteiger partial charge in [0.25, 0.3) is 0 Å². The summed E-state index contributed by atoms with van der Waals surface area (Å²) in [6, 6.07) is -1.51. The van der Waals surface area contributed by atoms with Crippen LogP contribution in [0, 0.1) is 0 Å². The Morgan fingerprint density at radius 2 is 1.87 bits per heavy atom. The molecule has 0 aliphatic carbocycles. The van der Waals surface area contributed by atoms with E-state index in [1.165, 1.54) is 11.9 Å². The second-order valence-electron chi connectivity index (χ2n) is 3.75. The van der Waals surface area contributed by atoms with E-state index in [2.05, 4.69) is 0 Å². The van der Waals surface area contributed by atoms with Gasteiger partial charge in [-0.05, 0) is 33.4 Å². The topological polar surface area (TPSA) is 49.5 Å². The molecule has 2 atom stereocenters. The molecule has 0 aliphatic rings. The van der Waals surface area contributed by atoms with Crippen molar-refractivity contribution in [2.45, 2.75) is 38.1 Å². The van der Waals surface area contributed by atoms with Gasteiger partial charge in [0.15, 0.2) is 0 Å². The van der Waals surface area contributed by atoms with Gasteiger partial charge in [0.2, 0.25) is 0 Å². The lowest BCUT2D eigenvalue weighted by molar-refractivity contribution is -0.182. The lowest BCUT2D eigenvalue weighted by Gasteiger charge is -2.29. The molecule has 0 radical (unpaired) electrons. The highest BCUT2D eigenvalue weighted by Crippen LogP contribution is 2.26. The minimum absolute atomic E-state index is 0.00317. The highest BCUT2D eigenvalue weighted by molar-refractivity contribution is 4.77. The van der Waals surface area contributed by atoms with Gasteiger partial charge in [0.1, 0.15) is 6.04 Å². The first-order valence-corrected chi connectivity index (χ1v) is 4.94. The van der Waals surface area contributed by atoms with E-state index in [1.807, 2.05) is 0 Å². The molecular weight excluding hydrogens is 209 g/mol. The van der Waals surface area contributed by atoms with E-state index >= 15 is 0 Å². The SMILES string of the molecule is CC(O)CCN(C)C(CCN)C(F)(F)F. The summed E-state index contributed by atoms with van der Waals surface area (Å²) in [6.45, 7) is 1.77. The summed E-state index contributed by atoms with van der Waals surface area (Å²) in [5, 5.41) is 8.98. The van der Waals surface area contributed by atoms with Crippen LogP contribution in [0.25, 0.3) is 0 Å². The Bertz CT molecular complexity index is 173. The Balaban J connectivity index is 4.23. The standard InChI is InChI=1S/C9H19F3N2O/c1-7(15)4-6-14(2)8(3-5-13)9(10,11)12/h7-8,15H,3-6,13H2,1-2H3. The third-order valence-electron chi connectivity index (χ3n) is 2.25. The van der Waals surface area contributed by atoms with Crippen molar-refractivity contribution in [2.24, 2.45) is 5.73 Å². The molecule has 0 aliphatic heterocycles. The van der Waals surface area contributed by atoms with Crippen molar-refractivity contribution in [3.63, 3.8) is 0 Å². The Morgan fingerprint density at radius 1 is 1.33 bits per heavy atom. The third-order valence-corrected chi connectivity index (χ3v) is 2.25. The zero-order valence-corrected chi connectivity index (χ0v) is 9.09. The Morgan fingerprint density at radius 3 is 2.20 bits per heavy atom. The van der Waals surface area contributed by atoms with Crippen LogP contribution in [0.1, 0.15) is 19.8 Å². The normalized spacial score (nSPS) is 16.8. The molecule has 0 aromatic carbocycles. The van der Waals surface area contributed by atoms with Gasteiger partial charge in [-0.15, -0.1) is 0 Å². The fourth-order valence-electron chi connectivity index (χ4n) is 1.34. The Labute approximate surface area is 88.0 Å². The van der Waals surface area contributed by atoms with Crippen molar-refractivity contribution in [1.82, 2.24) is 4.90 Å². The van der Waals surface area contributed by atoms with Gasteiger partial charge in [0.05, 0.1) is 6.10 Å². The van der Waals surface area contributed by atoms with Gasteiger partial charge in [-0.3, -0.25) is 4.90 Å². The van der Waals surface area contributed by atoms with Crippen molar-refractivity contribution >= 4 is 0 Å². The number of nitrogens with zero attached hydrogens (tertiary/aromatic N) is 1. The molecule has 0 bridgehead atoms. The molecule has 6 heteroatoms. The van der Waals surface area contributed by atoms with Crippen LogP contribution in [0.3, 0.4) is 0 Å². The quantitative estimate of drug-likeness (QED) is 0.712. The van der Waals surface area contributed by atoms with Crippen molar-refractivity contribution in [3.05, 3.63) is 0 Å². The van der Waals surface area contributed by atoms with E-state index < -0.39 is 18.3 Å². The van der Waals surface area contributed by atoms with Crippen molar-refractivity contribution in [1.29, 1.82) is 0 Å². The molecular formula is C9H19F3N2O. The zero-order chi connectivity index (χ0) is 12.1. The van der Waals surface area contributed by atoms with Crippen molar-refractivity contribution in [2.75, 3.05) is 20.1 Å². The Kier molecular flexibility index (Phi) is 6.16. The molecule has 3 N–H and O–H groups in total. The molecule has 0 rings (SSSR count). The number of rotatable bonds is 6. The number of aliphatic hydroxyl groups excluding tert-OH is 1. The van der Waals surface area contributed by atoms with E-state index in [-0.39, 0.29) is 19.5 Å². The molecule has 3 nitrogen and oxygen atoms in total. The van der Waals surface area contributed by atoms with Crippen molar-refractivity contribution < 1.29 is 18.3 Å². The van der Waals surface area contributed by atoms with Crippen LogP contribution in [0.15, 0.2) is 0 Å². The number of hydrogen-bond donors (Lipinski definition) is 2. The first-order chi connectivity index (χ1) is 6.79. The minimum atomic E-state index is -4.26. The van der Waals surface area contributed by atoms with Gasteiger partial charge in [0, 0.05) is 6.54 Å². The smallest absolute Gasteiger partial charge is 0.393 e. The maximum Gasteiger partial charge on any atom is 0.404 e. The van der Waals surface area contributed by atoms with Gasteiger partial charge in [-0.1, -0.05) is 0 Å². The summed E-state index contributed by atoms with van der Waals surface area (Å²) in [5.74, 6) is 0. The van der Waals surface area contributed by atoms with Crippen LogP contribution in [0.5, 0.6) is 0 Å². The van der Waals surface area contributed by atoms with Crippen LogP contribution < -0.4 is 5.73 Å². The average Bonchev–Trinajstić information content (AvgIpc) is 2.08. The zero-order valence-electron chi connectivity index (χ0n) is 9.09. The molecule has 0 saturated carbocycles. The van der Waals surface area contributed by atoms with Gasteiger partial charge in [-0.2, -0.15) is 13.2 Å². The summed E-state index contributed by atoms with van der Waals surface area (Å²) < 4.78 is 37.6. The largest absolute Gasteiger partial charge is 0.404 e. The number of alkyl halides is 3.